The van der Waals surface area contributed by atoms with Crippen molar-refractivity contribution in [2.75, 3.05) is 0 Å². The molecule has 0 aliphatic heterocycles. The number of alkyl halides is 1. The highest BCUT2D eigenvalue weighted by Gasteiger charge is 2.09. The Hall–Kier alpha value is -1.06. The highest BCUT2D eigenvalue weighted by atomic mass is 79.9. The molecule has 0 aliphatic rings. The Kier molecular flexibility index (Phi) is 5.06. The first-order valence-electron chi connectivity index (χ1n) is 6.50. The third kappa shape index (κ3) is 3.74. The topological polar surface area (TPSA) is 22.1 Å². The van der Waals surface area contributed by atoms with E-state index in [4.69, 9.17) is 16.3 Å². The normalized spacial score (nSPS) is 10.9. The van der Waals surface area contributed by atoms with E-state index >= 15 is 0 Å². The highest BCUT2D eigenvalue weighted by Crippen LogP contribution is 2.28. The van der Waals surface area contributed by atoms with Gasteiger partial charge in [-0.1, -0.05) is 29.8 Å². The molecular weight excluding hydrogens is 338 g/mol. The first-order valence-corrected chi connectivity index (χ1v) is 7.83. The van der Waals surface area contributed by atoms with Crippen LogP contribution in [0.1, 0.15) is 36.6 Å². The molecular formula is C16H17BrClNO. The average molecular weight is 355 g/mol. The van der Waals surface area contributed by atoms with E-state index < -0.39 is 0 Å². The van der Waals surface area contributed by atoms with Crippen molar-refractivity contribution >= 4 is 27.5 Å². The van der Waals surface area contributed by atoms with Crippen molar-refractivity contribution in [2.45, 2.75) is 32.6 Å². The summed E-state index contributed by atoms with van der Waals surface area (Å²) in [4.78, 5) is 4.55. The molecule has 0 atom stereocenters. The van der Waals surface area contributed by atoms with Crippen LogP contribution >= 0.6 is 27.5 Å². The first-order chi connectivity index (χ1) is 9.49. The minimum atomic E-state index is 0.339. The van der Waals surface area contributed by atoms with Crippen LogP contribution in [0.2, 0.25) is 0 Å². The van der Waals surface area contributed by atoms with Gasteiger partial charge in [0.15, 0.2) is 0 Å². The third-order valence-electron chi connectivity index (χ3n) is 2.98. The van der Waals surface area contributed by atoms with Gasteiger partial charge in [0.05, 0.1) is 0 Å². The van der Waals surface area contributed by atoms with E-state index in [0.29, 0.717) is 17.7 Å². The maximum Gasteiger partial charge on any atom is 0.219 e. The Morgan fingerprint density at radius 1 is 1.25 bits per heavy atom. The van der Waals surface area contributed by atoms with Crippen molar-refractivity contribution < 1.29 is 4.74 Å². The fraction of sp³-hybridized carbons (Fsp3) is 0.312. The van der Waals surface area contributed by atoms with Crippen LogP contribution in [0.25, 0.3) is 0 Å². The number of ether oxygens (including phenoxy) is 1. The summed E-state index contributed by atoms with van der Waals surface area (Å²) in [5.74, 6) is 2.20. The molecule has 0 spiro atoms. The fourth-order valence-corrected chi connectivity index (χ4v) is 2.48. The van der Waals surface area contributed by atoms with Gasteiger partial charge >= 0.3 is 0 Å². The second-order valence-corrected chi connectivity index (χ2v) is 6.22. The summed E-state index contributed by atoms with van der Waals surface area (Å²) >= 11 is 9.39. The molecule has 0 radical (unpaired) electrons. The minimum absolute atomic E-state index is 0.339. The molecule has 0 aliphatic carbocycles. The summed E-state index contributed by atoms with van der Waals surface area (Å²) in [6, 6.07) is 9.82. The van der Waals surface area contributed by atoms with Crippen LogP contribution in [0.4, 0.5) is 0 Å². The van der Waals surface area contributed by atoms with E-state index in [2.05, 4.69) is 34.8 Å². The van der Waals surface area contributed by atoms with E-state index in [1.54, 1.807) is 0 Å². The molecule has 2 rings (SSSR count). The molecule has 0 saturated carbocycles. The number of benzene rings is 1. The Morgan fingerprint density at radius 3 is 2.60 bits per heavy atom. The molecule has 2 aromatic rings. The summed E-state index contributed by atoms with van der Waals surface area (Å²) in [6.45, 7) is 6.22. The lowest BCUT2D eigenvalue weighted by atomic mass is 10.1. The van der Waals surface area contributed by atoms with Crippen LogP contribution in [-0.4, -0.2) is 4.98 Å². The lowest BCUT2D eigenvalue weighted by molar-refractivity contribution is 0.455. The van der Waals surface area contributed by atoms with Gasteiger partial charge in [0.25, 0.3) is 0 Å². The van der Waals surface area contributed by atoms with Crippen molar-refractivity contribution in [2.24, 2.45) is 0 Å². The maximum absolute atomic E-state index is 5.94. The Balaban J connectivity index is 2.34. The predicted molar refractivity (Wildman–Crippen MR) is 86.8 cm³/mol. The molecule has 0 fully saturated rings. The molecule has 0 saturated heterocycles. The second kappa shape index (κ2) is 6.59. The SMILES string of the molecule is Cc1cc(Br)ccc1Oc1cc(CCl)cc(C(C)C)n1. The van der Waals surface area contributed by atoms with E-state index in [1.165, 1.54) is 0 Å². The van der Waals surface area contributed by atoms with Crippen LogP contribution in [0.5, 0.6) is 11.6 Å². The Labute approximate surface area is 133 Å². The first kappa shape index (κ1) is 15.3. The van der Waals surface area contributed by atoms with Crippen molar-refractivity contribution in [3.8, 4) is 11.6 Å². The Bertz CT molecular complexity index is 613. The lowest BCUT2D eigenvalue weighted by Crippen LogP contribution is -1.98. The van der Waals surface area contributed by atoms with E-state index in [9.17, 15) is 0 Å². The second-order valence-electron chi connectivity index (χ2n) is 5.04. The van der Waals surface area contributed by atoms with Crippen LogP contribution in [0.15, 0.2) is 34.8 Å². The number of rotatable bonds is 4. The molecule has 0 N–H and O–H groups in total. The molecule has 4 heteroatoms. The quantitative estimate of drug-likeness (QED) is 0.647. The number of nitrogens with zero attached hydrogens (tertiary/aromatic N) is 1. The molecule has 1 aromatic heterocycles. The van der Waals surface area contributed by atoms with Gasteiger partial charge < -0.3 is 4.74 Å². The summed E-state index contributed by atoms with van der Waals surface area (Å²) in [7, 11) is 0. The zero-order valence-corrected chi connectivity index (χ0v) is 14.1. The standard InChI is InChI=1S/C16H17BrClNO/c1-10(2)14-7-12(9-18)8-16(19-14)20-15-5-4-13(17)6-11(15)3/h4-8,10H,9H2,1-3H3. The van der Waals surface area contributed by atoms with E-state index in [0.717, 1.165) is 27.0 Å². The third-order valence-corrected chi connectivity index (χ3v) is 3.78. The smallest absolute Gasteiger partial charge is 0.219 e. The van der Waals surface area contributed by atoms with Gasteiger partial charge in [0.1, 0.15) is 5.75 Å². The van der Waals surface area contributed by atoms with Gasteiger partial charge in [-0.3, -0.25) is 0 Å². The Morgan fingerprint density at radius 2 is 2.00 bits per heavy atom. The molecule has 0 unspecified atom stereocenters. The molecule has 106 valence electrons. The molecule has 0 bridgehead atoms. The monoisotopic (exact) mass is 353 g/mol. The predicted octanol–water partition coefficient (Wildman–Crippen LogP) is 5.81. The summed E-state index contributed by atoms with van der Waals surface area (Å²) in [6.07, 6.45) is 0. The number of pyridine rings is 1. The van der Waals surface area contributed by atoms with Crippen molar-refractivity contribution in [1.82, 2.24) is 4.98 Å². The number of hydrogen-bond acceptors (Lipinski definition) is 2. The van der Waals surface area contributed by atoms with Crippen molar-refractivity contribution in [3.63, 3.8) is 0 Å². The number of aryl methyl sites for hydroxylation is 1. The van der Waals surface area contributed by atoms with Crippen LogP contribution in [0, 0.1) is 6.92 Å². The molecule has 1 heterocycles. The molecule has 0 amide bonds. The van der Waals surface area contributed by atoms with Gasteiger partial charge in [0, 0.05) is 22.1 Å². The highest BCUT2D eigenvalue weighted by molar-refractivity contribution is 9.10. The van der Waals surface area contributed by atoms with Crippen molar-refractivity contribution in [1.29, 1.82) is 0 Å². The molecule has 1 aromatic carbocycles. The number of hydrogen-bond donors (Lipinski definition) is 0. The van der Waals surface area contributed by atoms with Crippen LogP contribution in [0.3, 0.4) is 0 Å². The van der Waals surface area contributed by atoms with E-state index in [-0.39, 0.29) is 0 Å². The van der Waals surface area contributed by atoms with Crippen LogP contribution < -0.4 is 4.74 Å². The molecule has 20 heavy (non-hydrogen) atoms. The zero-order valence-electron chi connectivity index (χ0n) is 11.8. The number of aromatic nitrogens is 1. The van der Waals surface area contributed by atoms with Gasteiger partial charge in [0.2, 0.25) is 5.88 Å². The van der Waals surface area contributed by atoms with Gasteiger partial charge in [-0.15, -0.1) is 11.6 Å². The van der Waals surface area contributed by atoms with Gasteiger partial charge in [-0.2, -0.15) is 0 Å². The molecule has 2 nitrogen and oxygen atoms in total. The lowest BCUT2D eigenvalue weighted by Gasteiger charge is -2.12. The van der Waals surface area contributed by atoms with Gasteiger partial charge in [-0.25, -0.2) is 4.98 Å². The summed E-state index contributed by atoms with van der Waals surface area (Å²) in [5, 5.41) is 0. The fourth-order valence-electron chi connectivity index (χ4n) is 1.85. The minimum Gasteiger partial charge on any atom is -0.439 e. The zero-order chi connectivity index (χ0) is 14.7. The maximum atomic E-state index is 5.94. The number of halogens is 2. The van der Waals surface area contributed by atoms with Crippen LogP contribution in [-0.2, 0) is 5.88 Å². The average Bonchev–Trinajstić information content (AvgIpc) is 2.41. The summed E-state index contributed by atoms with van der Waals surface area (Å²) in [5.41, 5.74) is 3.08. The summed E-state index contributed by atoms with van der Waals surface area (Å²) < 4.78 is 6.94. The van der Waals surface area contributed by atoms with Gasteiger partial charge in [-0.05, 0) is 48.2 Å². The largest absolute Gasteiger partial charge is 0.439 e. The van der Waals surface area contributed by atoms with E-state index in [1.807, 2.05) is 37.3 Å². The van der Waals surface area contributed by atoms with Crippen molar-refractivity contribution in [3.05, 3.63) is 51.6 Å².